The molecule has 0 aliphatic heterocycles. The van der Waals surface area contributed by atoms with Crippen LogP contribution in [0.3, 0.4) is 0 Å². The smallest absolute Gasteiger partial charge is 0.285 e. The van der Waals surface area contributed by atoms with E-state index in [1.165, 1.54) is 12.7 Å². The molecule has 122 valence electrons. The molecule has 1 heterocycles. The van der Waals surface area contributed by atoms with Crippen LogP contribution in [0.1, 0.15) is 21.5 Å². The molecular formula is C18H18N4O2. The highest BCUT2D eigenvalue weighted by Crippen LogP contribution is 2.23. The minimum atomic E-state index is -0.382. The van der Waals surface area contributed by atoms with Gasteiger partial charge in [-0.05, 0) is 43.2 Å². The van der Waals surface area contributed by atoms with Crippen LogP contribution in [0.25, 0.3) is 11.4 Å². The molecule has 0 aliphatic carbocycles. The number of carbonyl (C=O) groups excluding carboxylic acids is 1. The predicted octanol–water partition coefficient (Wildman–Crippen LogP) is 2.84. The second-order valence-electron chi connectivity index (χ2n) is 5.51. The molecule has 0 fully saturated rings. The van der Waals surface area contributed by atoms with Gasteiger partial charge in [-0.25, -0.2) is 0 Å². The van der Waals surface area contributed by atoms with Gasteiger partial charge in [-0.15, -0.1) is 5.10 Å². The largest absolute Gasteiger partial charge is 0.496 e. The first kappa shape index (κ1) is 15.7. The molecule has 6 nitrogen and oxygen atoms in total. The van der Waals surface area contributed by atoms with Crippen LogP contribution in [0.5, 0.6) is 5.75 Å². The van der Waals surface area contributed by atoms with Gasteiger partial charge in [-0.2, -0.15) is 9.67 Å². The van der Waals surface area contributed by atoms with Crippen LogP contribution in [0.2, 0.25) is 0 Å². The van der Waals surface area contributed by atoms with Crippen molar-refractivity contribution in [3.8, 4) is 17.1 Å². The van der Waals surface area contributed by atoms with Crippen molar-refractivity contribution in [3.05, 3.63) is 59.2 Å². The molecule has 0 spiro atoms. The number of nitrogens with zero attached hydrogens (tertiary/aromatic N) is 3. The molecule has 0 amide bonds. The number of aryl methyl sites for hydroxylation is 2. The van der Waals surface area contributed by atoms with Crippen molar-refractivity contribution in [2.45, 2.75) is 13.8 Å². The van der Waals surface area contributed by atoms with Crippen LogP contribution in [0, 0.1) is 13.8 Å². The molecule has 0 atom stereocenters. The number of nitrogens with two attached hydrogens (primary N) is 1. The number of carbonyl (C=O) groups is 1. The number of para-hydroxylation sites is 1. The van der Waals surface area contributed by atoms with Crippen molar-refractivity contribution < 1.29 is 9.53 Å². The fourth-order valence-corrected chi connectivity index (χ4v) is 2.41. The maximum atomic E-state index is 12.7. The SMILES string of the molecule is COc1ccccc1C(=O)n1nc(-c2ccc(C)c(C)c2)nc1N. The summed E-state index contributed by atoms with van der Waals surface area (Å²) in [5.74, 6) is 0.538. The highest BCUT2D eigenvalue weighted by Gasteiger charge is 2.19. The van der Waals surface area contributed by atoms with E-state index in [1.54, 1.807) is 24.3 Å². The first-order valence-electron chi connectivity index (χ1n) is 7.49. The number of anilines is 1. The summed E-state index contributed by atoms with van der Waals surface area (Å²) in [4.78, 5) is 16.9. The van der Waals surface area contributed by atoms with Gasteiger partial charge >= 0.3 is 0 Å². The summed E-state index contributed by atoms with van der Waals surface area (Å²) in [6.07, 6.45) is 0. The van der Waals surface area contributed by atoms with Crippen LogP contribution >= 0.6 is 0 Å². The molecule has 3 aromatic rings. The Balaban J connectivity index is 2.02. The van der Waals surface area contributed by atoms with Gasteiger partial charge in [0.05, 0.1) is 12.7 Å². The standard InChI is InChI=1S/C18H18N4O2/c1-11-8-9-13(10-12(11)2)16-20-18(19)22(21-16)17(23)14-6-4-5-7-15(14)24-3/h4-10H,1-3H3,(H2,19,20,21). The number of rotatable bonds is 3. The van der Waals surface area contributed by atoms with Crippen LogP contribution in [0.4, 0.5) is 5.95 Å². The molecule has 2 aromatic carbocycles. The van der Waals surface area contributed by atoms with E-state index in [4.69, 9.17) is 10.5 Å². The summed E-state index contributed by atoms with van der Waals surface area (Å²) < 4.78 is 6.32. The van der Waals surface area contributed by atoms with Crippen molar-refractivity contribution >= 4 is 11.9 Å². The third kappa shape index (κ3) is 2.74. The van der Waals surface area contributed by atoms with Crippen LogP contribution < -0.4 is 10.5 Å². The van der Waals surface area contributed by atoms with E-state index in [-0.39, 0.29) is 11.9 Å². The van der Waals surface area contributed by atoms with Crippen LogP contribution in [0.15, 0.2) is 42.5 Å². The number of benzene rings is 2. The number of nitrogen functional groups attached to an aromatic ring is 1. The van der Waals surface area contributed by atoms with Gasteiger partial charge in [0.2, 0.25) is 5.95 Å². The molecule has 0 bridgehead atoms. The highest BCUT2D eigenvalue weighted by atomic mass is 16.5. The minimum absolute atomic E-state index is 0.0409. The first-order valence-corrected chi connectivity index (χ1v) is 7.49. The summed E-state index contributed by atoms with van der Waals surface area (Å²) in [7, 11) is 1.51. The lowest BCUT2D eigenvalue weighted by Gasteiger charge is -2.07. The predicted molar refractivity (Wildman–Crippen MR) is 92.1 cm³/mol. The molecule has 1 aromatic heterocycles. The monoisotopic (exact) mass is 322 g/mol. The molecule has 0 radical (unpaired) electrons. The highest BCUT2D eigenvalue weighted by molar-refractivity contribution is 5.99. The molecule has 0 saturated heterocycles. The third-order valence-corrected chi connectivity index (χ3v) is 3.93. The van der Waals surface area contributed by atoms with Crippen molar-refractivity contribution in [2.24, 2.45) is 0 Å². The van der Waals surface area contributed by atoms with Gasteiger partial charge in [-0.1, -0.05) is 24.3 Å². The number of aromatic nitrogens is 3. The number of hydrogen-bond acceptors (Lipinski definition) is 5. The van der Waals surface area contributed by atoms with Crippen molar-refractivity contribution in [3.63, 3.8) is 0 Å². The normalized spacial score (nSPS) is 10.6. The van der Waals surface area contributed by atoms with Gasteiger partial charge in [0.1, 0.15) is 5.75 Å². The lowest BCUT2D eigenvalue weighted by molar-refractivity contribution is 0.0945. The summed E-state index contributed by atoms with van der Waals surface area (Å²) in [6, 6.07) is 12.8. The van der Waals surface area contributed by atoms with E-state index in [0.717, 1.165) is 15.8 Å². The minimum Gasteiger partial charge on any atom is -0.496 e. The molecule has 0 unspecified atom stereocenters. The fraction of sp³-hybridized carbons (Fsp3) is 0.167. The topological polar surface area (TPSA) is 83.0 Å². The number of hydrogen-bond donors (Lipinski definition) is 1. The molecule has 0 aliphatic rings. The van der Waals surface area contributed by atoms with Gasteiger partial charge in [-0.3, -0.25) is 4.79 Å². The fourth-order valence-electron chi connectivity index (χ4n) is 2.41. The average molecular weight is 322 g/mol. The molecule has 6 heteroatoms. The maximum absolute atomic E-state index is 12.7. The Bertz CT molecular complexity index is 915. The molecule has 24 heavy (non-hydrogen) atoms. The zero-order valence-corrected chi connectivity index (χ0v) is 13.8. The third-order valence-electron chi connectivity index (χ3n) is 3.93. The van der Waals surface area contributed by atoms with Gasteiger partial charge in [0.25, 0.3) is 5.91 Å². The van der Waals surface area contributed by atoms with Crippen LogP contribution in [-0.4, -0.2) is 27.8 Å². The Labute approximate surface area is 139 Å². The van der Waals surface area contributed by atoms with E-state index < -0.39 is 0 Å². The Kier molecular flexibility index (Phi) is 4.04. The average Bonchev–Trinajstić information content (AvgIpc) is 2.98. The molecule has 3 rings (SSSR count). The van der Waals surface area contributed by atoms with Crippen molar-refractivity contribution in [1.82, 2.24) is 14.8 Å². The summed E-state index contributed by atoms with van der Waals surface area (Å²) in [5, 5.41) is 4.28. The van der Waals surface area contributed by atoms with E-state index in [9.17, 15) is 4.79 Å². The van der Waals surface area contributed by atoms with Gasteiger partial charge in [0.15, 0.2) is 5.82 Å². The van der Waals surface area contributed by atoms with Gasteiger partial charge in [0, 0.05) is 5.56 Å². The Hall–Kier alpha value is -3.15. The lowest BCUT2D eigenvalue weighted by Crippen LogP contribution is -2.17. The maximum Gasteiger partial charge on any atom is 0.285 e. The van der Waals surface area contributed by atoms with Crippen molar-refractivity contribution in [1.29, 1.82) is 0 Å². The molecular weight excluding hydrogens is 304 g/mol. The lowest BCUT2D eigenvalue weighted by atomic mass is 10.1. The number of methoxy groups -OCH3 is 1. The van der Waals surface area contributed by atoms with E-state index >= 15 is 0 Å². The van der Waals surface area contributed by atoms with Crippen molar-refractivity contribution in [2.75, 3.05) is 12.8 Å². The Morgan fingerprint density at radius 3 is 2.58 bits per heavy atom. The first-order chi connectivity index (χ1) is 11.5. The van der Waals surface area contributed by atoms with Crippen LogP contribution in [-0.2, 0) is 0 Å². The van der Waals surface area contributed by atoms with E-state index in [2.05, 4.69) is 10.1 Å². The van der Waals surface area contributed by atoms with E-state index in [0.29, 0.717) is 17.1 Å². The molecule has 2 N–H and O–H groups in total. The molecule has 0 saturated carbocycles. The zero-order chi connectivity index (χ0) is 17.3. The van der Waals surface area contributed by atoms with Gasteiger partial charge < -0.3 is 10.5 Å². The summed E-state index contributed by atoms with van der Waals surface area (Å²) in [6.45, 7) is 4.05. The summed E-state index contributed by atoms with van der Waals surface area (Å²) in [5.41, 5.74) is 9.40. The number of ether oxygens (including phenoxy) is 1. The summed E-state index contributed by atoms with van der Waals surface area (Å²) >= 11 is 0. The second-order valence-corrected chi connectivity index (χ2v) is 5.51. The Morgan fingerprint density at radius 2 is 1.88 bits per heavy atom. The second kappa shape index (κ2) is 6.16. The quantitative estimate of drug-likeness (QED) is 0.801. The zero-order valence-electron chi connectivity index (χ0n) is 13.8. The Morgan fingerprint density at radius 1 is 1.12 bits per heavy atom. The van der Waals surface area contributed by atoms with E-state index in [1.807, 2.05) is 32.0 Å².